The molecule has 0 aromatic heterocycles. The zero-order chi connectivity index (χ0) is 30.1. The lowest BCUT2D eigenvalue weighted by atomic mass is 9.51. The molecule has 6 rings (SSSR count). The zero-order valence-corrected chi connectivity index (χ0v) is 26.7. The third-order valence-electron chi connectivity index (χ3n) is 10.9. The Morgan fingerprint density at radius 3 is 2.33 bits per heavy atom. The Morgan fingerprint density at radius 2 is 1.69 bits per heavy atom. The first-order chi connectivity index (χ1) is 19.7. The van der Waals surface area contributed by atoms with Crippen molar-refractivity contribution in [3.05, 3.63) is 52.6 Å². The Labute approximate surface area is 252 Å². The van der Waals surface area contributed by atoms with Gasteiger partial charge in [0.2, 0.25) is 10.0 Å². The molecule has 0 bridgehead atoms. The number of hydrogen-bond acceptors (Lipinski definition) is 5. The average Bonchev–Trinajstić information content (AvgIpc) is 3.21. The molecule has 1 N–H and O–H groups in total. The maximum Gasteiger partial charge on any atom is 0.211 e. The molecular weight excluding hydrogens is 544 g/mol. The van der Waals surface area contributed by atoms with E-state index < -0.39 is 15.6 Å². The van der Waals surface area contributed by atoms with E-state index in [0.717, 1.165) is 37.8 Å². The third-order valence-corrected chi connectivity index (χ3v) is 12.2. The largest absolute Gasteiger partial charge is 0.377 e. The number of anilines is 1. The van der Waals surface area contributed by atoms with Crippen molar-refractivity contribution in [2.75, 3.05) is 37.3 Å². The normalized spacial score (nSPS) is 33.8. The van der Waals surface area contributed by atoms with Crippen molar-refractivity contribution in [1.29, 1.82) is 0 Å². The summed E-state index contributed by atoms with van der Waals surface area (Å²) in [5, 5.41) is 12.2. The SMILES string of the molecule is CC(C)(C)C#C[C@]1(O)CC[C@H]2[C@@H]3CCC4=CC(=O)CCC4=C3[C@@H](c3ccc(N4CCN(S(C)(=O)=O)CC4)cc3)C[C@@]21C. The summed E-state index contributed by atoms with van der Waals surface area (Å²) in [6.45, 7) is 11.0. The topological polar surface area (TPSA) is 77.9 Å². The molecule has 1 aromatic carbocycles. The fourth-order valence-corrected chi connectivity index (χ4v) is 9.48. The number of carbonyl (C=O) groups excluding carboxylic acids is 1. The van der Waals surface area contributed by atoms with Crippen LogP contribution in [0.25, 0.3) is 0 Å². The predicted octanol–water partition coefficient (Wildman–Crippen LogP) is 5.45. The predicted molar refractivity (Wildman–Crippen MR) is 168 cm³/mol. The van der Waals surface area contributed by atoms with Crippen LogP contribution in [0.2, 0.25) is 0 Å². The third kappa shape index (κ3) is 5.18. The van der Waals surface area contributed by atoms with E-state index >= 15 is 0 Å². The van der Waals surface area contributed by atoms with E-state index in [1.54, 1.807) is 4.31 Å². The van der Waals surface area contributed by atoms with E-state index in [9.17, 15) is 18.3 Å². The molecule has 4 aliphatic carbocycles. The molecule has 0 spiro atoms. The Balaban J connectivity index is 1.37. The maximum atomic E-state index is 12.4. The second kappa shape index (κ2) is 10.4. The molecule has 0 unspecified atom stereocenters. The lowest BCUT2D eigenvalue weighted by Gasteiger charge is -2.53. The number of nitrogens with zero attached hydrogens (tertiary/aromatic N) is 2. The van der Waals surface area contributed by atoms with Gasteiger partial charge in [-0.2, -0.15) is 4.31 Å². The van der Waals surface area contributed by atoms with Crippen LogP contribution in [0.1, 0.15) is 84.1 Å². The zero-order valence-electron chi connectivity index (χ0n) is 25.9. The van der Waals surface area contributed by atoms with E-state index in [4.69, 9.17) is 0 Å². The van der Waals surface area contributed by atoms with E-state index in [-0.39, 0.29) is 22.5 Å². The van der Waals surface area contributed by atoms with Gasteiger partial charge in [-0.05, 0) is 106 Å². The molecule has 1 saturated heterocycles. The monoisotopic (exact) mass is 590 g/mol. The van der Waals surface area contributed by atoms with Gasteiger partial charge in [0.15, 0.2) is 5.78 Å². The Bertz CT molecular complexity index is 1500. The molecule has 1 heterocycles. The Kier molecular flexibility index (Phi) is 7.31. The van der Waals surface area contributed by atoms with E-state index in [0.29, 0.717) is 50.9 Å². The molecule has 1 aliphatic heterocycles. The summed E-state index contributed by atoms with van der Waals surface area (Å²) in [6, 6.07) is 8.87. The van der Waals surface area contributed by atoms with Gasteiger partial charge in [-0.1, -0.05) is 36.5 Å². The maximum absolute atomic E-state index is 12.4. The van der Waals surface area contributed by atoms with Crippen LogP contribution in [0.3, 0.4) is 0 Å². The second-order valence-electron chi connectivity index (χ2n) is 14.6. The number of hydrogen-bond donors (Lipinski definition) is 1. The van der Waals surface area contributed by atoms with Crippen molar-refractivity contribution < 1.29 is 18.3 Å². The van der Waals surface area contributed by atoms with Gasteiger partial charge in [0.05, 0.1) is 6.26 Å². The summed E-state index contributed by atoms with van der Waals surface area (Å²) >= 11 is 0. The van der Waals surface area contributed by atoms with Crippen LogP contribution in [-0.2, 0) is 14.8 Å². The molecule has 7 heteroatoms. The molecule has 5 atom stereocenters. The molecule has 226 valence electrons. The number of piperazine rings is 1. The van der Waals surface area contributed by atoms with Crippen molar-refractivity contribution in [3.8, 4) is 11.8 Å². The fraction of sp³-hybridized carbons (Fsp3) is 0.629. The lowest BCUT2D eigenvalue weighted by molar-refractivity contribution is -0.114. The first kappa shape index (κ1) is 29.7. The molecule has 6 nitrogen and oxygen atoms in total. The van der Waals surface area contributed by atoms with Crippen molar-refractivity contribution >= 4 is 21.5 Å². The number of ketones is 1. The first-order valence-electron chi connectivity index (χ1n) is 15.7. The van der Waals surface area contributed by atoms with Gasteiger partial charge in [0.1, 0.15) is 5.60 Å². The number of carbonyl (C=O) groups is 1. The van der Waals surface area contributed by atoms with Gasteiger partial charge in [0.25, 0.3) is 0 Å². The van der Waals surface area contributed by atoms with Gasteiger partial charge >= 0.3 is 0 Å². The van der Waals surface area contributed by atoms with Crippen LogP contribution in [0.4, 0.5) is 5.69 Å². The average molecular weight is 591 g/mol. The summed E-state index contributed by atoms with van der Waals surface area (Å²) < 4.78 is 25.5. The molecule has 0 radical (unpaired) electrons. The molecule has 1 aromatic rings. The minimum Gasteiger partial charge on any atom is -0.377 e. The van der Waals surface area contributed by atoms with Gasteiger partial charge in [-0.25, -0.2) is 8.42 Å². The van der Waals surface area contributed by atoms with Crippen LogP contribution < -0.4 is 4.90 Å². The van der Waals surface area contributed by atoms with Crippen LogP contribution in [0.5, 0.6) is 0 Å². The molecule has 0 amide bonds. The molecule has 5 aliphatic rings. The van der Waals surface area contributed by atoms with Crippen LogP contribution in [-0.4, -0.2) is 61.6 Å². The van der Waals surface area contributed by atoms with Gasteiger partial charge in [-0.15, -0.1) is 0 Å². The lowest BCUT2D eigenvalue weighted by Crippen LogP contribution is -2.51. The minimum absolute atomic E-state index is 0.167. The highest BCUT2D eigenvalue weighted by atomic mass is 32.2. The van der Waals surface area contributed by atoms with Gasteiger partial charge in [0, 0.05) is 55.0 Å². The Hall–Kier alpha value is -2.40. The van der Waals surface area contributed by atoms with Crippen molar-refractivity contribution in [3.63, 3.8) is 0 Å². The summed E-state index contributed by atoms with van der Waals surface area (Å²) in [5.74, 6) is 7.99. The number of allylic oxidation sites excluding steroid dienone is 4. The van der Waals surface area contributed by atoms with E-state index in [1.807, 2.05) is 6.08 Å². The standard InChI is InChI=1S/C35H46N2O4S/c1-33(2,3)16-17-35(39)15-14-31-29-12-8-25-22-27(38)11-13-28(25)32(29)30(23-34(31,35)4)24-6-9-26(10-7-24)36-18-20-37(21-19-36)42(5,40)41/h6-7,9-10,22,29-31,39H,8,11-15,18-21,23H2,1-5H3/t29-,30+,31-,34-,35+/m0/s1. The van der Waals surface area contributed by atoms with Crippen LogP contribution in [0, 0.1) is 34.5 Å². The number of sulfonamides is 1. The summed E-state index contributed by atoms with van der Waals surface area (Å²) in [5.41, 5.74) is 5.03. The molecular formula is C35H46N2O4S. The first-order valence-corrected chi connectivity index (χ1v) is 17.6. The smallest absolute Gasteiger partial charge is 0.211 e. The van der Waals surface area contributed by atoms with Gasteiger partial charge < -0.3 is 10.0 Å². The van der Waals surface area contributed by atoms with Crippen molar-refractivity contribution in [2.45, 2.75) is 84.2 Å². The molecule has 42 heavy (non-hydrogen) atoms. The number of aliphatic hydroxyl groups is 1. The van der Waals surface area contributed by atoms with Crippen molar-refractivity contribution in [2.24, 2.45) is 22.7 Å². The van der Waals surface area contributed by atoms with Crippen molar-refractivity contribution in [1.82, 2.24) is 4.31 Å². The Morgan fingerprint density at radius 1 is 1.00 bits per heavy atom. The number of benzene rings is 1. The second-order valence-corrected chi connectivity index (χ2v) is 16.6. The van der Waals surface area contributed by atoms with Crippen LogP contribution in [0.15, 0.2) is 47.1 Å². The quantitative estimate of drug-likeness (QED) is 0.474. The summed E-state index contributed by atoms with van der Waals surface area (Å²) in [4.78, 5) is 14.6. The fourth-order valence-electron chi connectivity index (χ4n) is 8.66. The molecule has 3 fully saturated rings. The summed E-state index contributed by atoms with van der Waals surface area (Å²) in [6.07, 6.45) is 9.11. The minimum atomic E-state index is -3.17. The number of rotatable bonds is 3. The number of fused-ring (bicyclic) bond motifs is 4. The highest BCUT2D eigenvalue weighted by Gasteiger charge is 2.62. The summed E-state index contributed by atoms with van der Waals surface area (Å²) in [7, 11) is -3.17. The van der Waals surface area contributed by atoms with E-state index in [2.05, 4.69) is 68.7 Å². The van der Waals surface area contributed by atoms with Gasteiger partial charge in [-0.3, -0.25) is 4.79 Å². The highest BCUT2D eigenvalue weighted by Crippen LogP contribution is 2.66. The highest BCUT2D eigenvalue weighted by molar-refractivity contribution is 7.88. The van der Waals surface area contributed by atoms with E-state index in [1.165, 1.54) is 28.5 Å². The molecule has 2 saturated carbocycles. The van der Waals surface area contributed by atoms with Crippen LogP contribution >= 0.6 is 0 Å².